The van der Waals surface area contributed by atoms with Crippen LogP contribution in [0.25, 0.3) is 0 Å². The van der Waals surface area contributed by atoms with Gasteiger partial charge in [-0.1, -0.05) is 63.2 Å². The van der Waals surface area contributed by atoms with E-state index in [1.165, 1.54) is 40.7 Å². The van der Waals surface area contributed by atoms with Crippen LogP contribution in [-0.4, -0.2) is 0 Å². The molecule has 0 saturated carbocycles. The molecule has 21 heavy (non-hydrogen) atoms. The van der Waals surface area contributed by atoms with Gasteiger partial charge in [-0.2, -0.15) is 0 Å². The first kappa shape index (κ1) is 15.8. The number of aryl methyl sites for hydroxylation is 4. The highest BCUT2D eigenvalue weighted by Crippen LogP contribution is 2.22. The van der Waals surface area contributed by atoms with Crippen LogP contribution in [0.1, 0.15) is 55.0 Å². The van der Waals surface area contributed by atoms with E-state index < -0.39 is 0 Å². The first-order valence-corrected chi connectivity index (χ1v) is 8.02. The van der Waals surface area contributed by atoms with Crippen molar-refractivity contribution in [3.8, 4) is 0 Å². The minimum Gasteiger partial charge on any atom is -0.0588 e. The summed E-state index contributed by atoms with van der Waals surface area (Å²) in [6.07, 6.45) is 3.55. The lowest BCUT2D eigenvalue weighted by Crippen LogP contribution is -2.10. The van der Waals surface area contributed by atoms with Crippen LogP contribution < -0.4 is 0 Å². The van der Waals surface area contributed by atoms with Crippen LogP contribution in [0.5, 0.6) is 0 Å². The Balaban J connectivity index is 1.90. The topological polar surface area (TPSA) is 0 Å². The number of hydrogen-bond donors (Lipinski definition) is 0. The van der Waals surface area contributed by atoms with Gasteiger partial charge in [0, 0.05) is 0 Å². The third-order valence-corrected chi connectivity index (χ3v) is 4.32. The average Bonchev–Trinajstić information content (AvgIpc) is 2.42. The lowest BCUT2D eigenvalue weighted by Gasteiger charge is -2.19. The molecule has 0 bridgehead atoms. The molecule has 0 aromatic heterocycles. The van der Waals surface area contributed by atoms with Crippen LogP contribution in [-0.2, 0) is 18.3 Å². The number of benzene rings is 2. The lowest BCUT2D eigenvalue weighted by molar-refractivity contribution is 0.590. The third kappa shape index (κ3) is 4.46. The molecule has 0 saturated heterocycles. The van der Waals surface area contributed by atoms with Gasteiger partial charge >= 0.3 is 0 Å². The van der Waals surface area contributed by atoms with Crippen LogP contribution in [0.3, 0.4) is 0 Å². The summed E-state index contributed by atoms with van der Waals surface area (Å²) in [6, 6.07) is 16.0. The van der Waals surface area contributed by atoms with Gasteiger partial charge in [0.05, 0.1) is 0 Å². The van der Waals surface area contributed by atoms with Crippen LogP contribution in [0, 0.1) is 13.8 Å². The predicted octanol–water partition coefficient (Wildman–Crippen LogP) is 5.78. The molecule has 112 valence electrons. The molecular weight excluding hydrogens is 252 g/mol. The van der Waals surface area contributed by atoms with E-state index in [0.29, 0.717) is 0 Å². The van der Waals surface area contributed by atoms with Gasteiger partial charge in [0.15, 0.2) is 0 Å². The Morgan fingerprint density at radius 1 is 0.714 bits per heavy atom. The highest BCUT2D eigenvalue weighted by atomic mass is 14.2. The van der Waals surface area contributed by atoms with Crippen molar-refractivity contribution in [3.63, 3.8) is 0 Å². The van der Waals surface area contributed by atoms with Crippen molar-refractivity contribution in [1.29, 1.82) is 0 Å². The molecule has 0 heterocycles. The number of hydrogen-bond acceptors (Lipinski definition) is 0. The Morgan fingerprint density at radius 3 is 1.86 bits per heavy atom. The second-order valence-electron chi connectivity index (χ2n) is 7.22. The van der Waals surface area contributed by atoms with E-state index in [-0.39, 0.29) is 5.41 Å². The van der Waals surface area contributed by atoms with E-state index in [1.54, 1.807) is 0 Å². The van der Waals surface area contributed by atoms with E-state index in [0.717, 1.165) is 6.42 Å². The van der Waals surface area contributed by atoms with Gasteiger partial charge in [-0.05, 0) is 66.3 Å². The maximum absolute atomic E-state index is 2.33. The van der Waals surface area contributed by atoms with E-state index in [2.05, 4.69) is 77.1 Å². The molecule has 0 radical (unpaired) electrons. The summed E-state index contributed by atoms with van der Waals surface area (Å²) in [4.78, 5) is 0. The summed E-state index contributed by atoms with van der Waals surface area (Å²) in [6.45, 7) is 11.2. The molecule has 0 aliphatic rings. The van der Waals surface area contributed by atoms with Gasteiger partial charge in [0.25, 0.3) is 0 Å². The van der Waals surface area contributed by atoms with Crippen molar-refractivity contribution in [2.75, 3.05) is 0 Å². The molecule has 0 amide bonds. The molecular formula is C21H28. The van der Waals surface area contributed by atoms with E-state index >= 15 is 0 Å². The number of rotatable bonds is 4. The molecule has 0 fully saturated rings. The van der Waals surface area contributed by atoms with E-state index in [1.807, 2.05) is 0 Å². The van der Waals surface area contributed by atoms with Gasteiger partial charge in [-0.3, -0.25) is 0 Å². The summed E-state index contributed by atoms with van der Waals surface area (Å²) < 4.78 is 0. The second kappa shape index (κ2) is 6.47. The zero-order chi connectivity index (χ0) is 15.5. The largest absolute Gasteiger partial charge is 0.0588 e. The highest BCUT2D eigenvalue weighted by Gasteiger charge is 2.12. The highest BCUT2D eigenvalue weighted by molar-refractivity contribution is 5.30. The molecule has 2 aromatic carbocycles. The van der Waals surface area contributed by atoms with Crippen molar-refractivity contribution in [2.45, 2.75) is 59.3 Å². The first-order valence-electron chi connectivity index (χ1n) is 8.02. The normalized spacial score (nSPS) is 11.7. The SMILES string of the molecule is Cc1ccc(CCCc2ccc(C(C)(C)C)cc2)cc1C. The maximum Gasteiger partial charge on any atom is -0.0132 e. The molecule has 2 aromatic rings. The molecule has 0 atom stereocenters. The molecule has 0 aliphatic carbocycles. The minimum atomic E-state index is 0.248. The molecule has 0 heteroatoms. The summed E-state index contributed by atoms with van der Waals surface area (Å²) in [5, 5.41) is 0. The Morgan fingerprint density at radius 2 is 1.29 bits per heavy atom. The lowest BCUT2D eigenvalue weighted by atomic mass is 9.86. The molecule has 0 aliphatic heterocycles. The molecule has 0 spiro atoms. The second-order valence-corrected chi connectivity index (χ2v) is 7.22. The van der Waals surface area contributed by atoms with Crippen molar-refractivity contribution in [1.82, 2.24) is 0 Å². The average molecular weight is 280 g/mol. The van der Waals surface area contributed by atoms with Gasteiger partial charge < -0.3 is 0 Å². The Bertz CT molecular complexity index is 582. The Hall–Kier alpha value is -1.56. The Labute approximate surface area is 130 Å². The Kier molecular flexibility index (Phi) is 4.88. The van der Waals surface area contributed by atoms with Crippen LogP contribution in [0.2, 0.25) is 0 Å². The fraction of sp³-hybridized carbons (Fsp3) is 0.429. The zero-order valence-corrected chi connectivity index (χ0v) is 14.2. The van der Waals surface area contributed by atoms with Crippen LogP contribution in [0.4, 0.5) is 0 Å². The van der Waals surface area contributed by atoms with Crippen molar-refractivity contribution < 1.29 is 0 Å². The third-order valence-electron chi connectivity index (χ3n) is 4.32. The standard InChI is InChI=1S/C21H28/c1-16-9-10-19(15-17(16)2)8-6-7-18-11-13-20(14-12-18)21(3,4)5/h9-15H,6-8H2,1-5H3. The summed E-state index contributed by atoms with van der Waals surface area (Å²) in [5.74, 6) is 0. The maximum atomic E-state index is 2.33. The zero-order valence-electron chi connectivity index (χ0n) is 14.2. The fourth-order valence-electron chi connectivity index (χ4n) is 2.63. The van der Waals surface area contributed by atoms with Crippen LogP contribution in [0.15, 0.2) is 42.5 Å². The van der Waals surface area contributed by atoms with Gasteiger partial charge in [-0.15, -0.1) is 0 Å². The van der Waals surface area contributed by atoms with Crippen molar-refractivity contribution in [2.24, 2.45) is 0 Å². The van der Waals surface area contributed by atoms with Crippen LogP contribution >= 0.6 is 0 Å². The first-order chi connectivity index (χ1) is 9.86. The van der Waals surface area contributed by atoms with Gasteiger partial charge in [-0.25, -0.2) is 0 Å². The van der Waals surface area contributed by atoms with Crippen molar-refractivity contribution >= 4 is 0 Å². The van der Waals surface area contributed by atoms with Gasteiger partial charge in [0.2, 0.25) is 0 Å². The quantitative estimate of drug-likeness (QED) is 0.666. The van der Waals surface area contributed by atoms with Crippen molar-refractivity contribution in [3.05, 3.63) is 70.3 Å². The summed E-state index contributed by atoms with van der Waals surface area (Å²) >= 11 is 0. The van der Waals surface area contributed by atoms with E-state index in [9.17, 15) is 0 Å². The summed E-state index contributed by atoms with van der Waals surface area (Å²) in [5.41, 5.74) is 7.37. The molecule has 2 rings (SSSR count). The molecule has 0 unspecified atom stereocenters. The van der Waals surface area contributed by atoms with E-state index in [4.69, 9.17) is 0 Å². The predicted molar refractivity (Wildman–Crippen MR) is 93.1 cm³/mol. The molecule has 0 N–H and O–H groups in total. The summed E-state index contributed by atoms with van der Waals surface area (Å²) in [7, 11) is 0. The minimum absolute atomic E-state index is 0.248. The fourth-order valence-corrected chi connectivity index (χ4v) is 2.63. The smallest absolute Gasteiger partial charge is 0.0132 e. The van der Waals surface area contributed by atoms with Gasteiger partial charge in [0.1, 0.15) is 0 Å². The monoisotopic (exact) mass is 280 g/mol. The molecule has 0 nitrogen and oxygen atoms in total.